The molecule has 0 spiro atoms. The number of pyridine rings is 1. The first-order valence-corrected chi connectivity index (χ1v) is 6.77. The maximum atomic E-state index is 5.98. The molecule has 3 aromatic rings. The summed E-state index contributed by atoms with van der Waals surface area (Å²) in [6, 6.07) is 12.5. The van der Waals surface area contributed by atoms with E-state index >= 15 is 0 Å². The molecule has 21 heavy (non-hydrogen) atoms. The molecule has 0 bridgehead atoms. The van der Waals surface area contributed by atoms with Crippen LogP contribution in [0.2, 0.25) is 0 Å². The van der Waals surface area contributed by atoms with Gasteiger partial charge in [-0.15, -0.1) is 0 Å². The van der Waals surface area contributed by atoms with Crippen LogP contribution in [0, 0.1) is 0 Å². The Morgan fingerprint density at radius 3 is 2.48 bits per heavy atom. The Bertz CT molecular complexity index is 858. The monoisotopic (exact) mass is 393 g/mol. The normalized spacial score (nSPS) is 15.2. The van der Waals surface area contributed by atoms with Gasteiger partial charge in [0.05, 0.1) is 10.8 Å². The van der Waals surface area contributed by atoms with E-state index in [1.807, 2.05) is 19.9 Å². The van der Waals surface area contributed by atoms with Crippen molar-refractivity contribution in [1.29, 1.82) is 0 Å². The lowest BCUT2D eigenvalue weighted by Gasteiger charge is -2.16. The van der Waals surface area contributed by atoms with Gasteiger partial charge in [-0.2, -0.15) is 0 Å². The van der Waals surface area contributed by atoms with Gasteiger partial charge in [-0.05, 0) is 18.2 Å². The number of para-hydroxylation sites is 1. The summed E-state index contributed by atoms with van der Waals surface area (Å²) in [5, 5.41) is 3.51. The van der Waals surface area contributed by atoms with Crippen molar-refractivity contribution in [2.24, 2.45) is 7.05 Å². The lowest BCUT2D eigenvalue weighted by molar-refractivity contribution is -0.643. The number of ether oxygens (including phenoxy) is 2. The summed E-state index contributed by atoms with van der Waals surface area (Å²) in [7, 11) is 2.06. The summed E-state index contributed by atoms with van der Waals surface area (Å²) < 4.78 is 13.9. The highest BCUT2D eigenvalue weighted by Crippen LogP contribution is 2.44. The first kappa shape index (κ1) is 14.4. The SMILES string of the molecule is C[n+]1cc2c3c(ccc2c2ccccc21)OC(C)(C)O3.[I-]. The van der Waals surface area contributed by atoms with Crippen LogP contribution in [0.25, 0.3) is 21.7 Å². The van der Waals surface area contributed by atoms with E-state index in [1.165, 1.54) is 16.3 Å². The Balaban J connectivity index is 0.00000132. The van der Waals surface area contributed by atoms with Crippen LogP contribution in [0.4, 0.5) is 0 Å². The number of nitrogens with zero attached hydrogens (tertiary/aromatic N) is 1. The molecule has 1 aliphatic heterocycles. The van der Waals surface area contributed by atoms with Crippen molar-refractivity contribution in [3.63, 3.8) is 0 Å². The highest BCUT2D eigenvalue weighted by molar-refractivity contribution is 6.07. The van der Waals surface area contributed by atoms with Crippen LogP contribution < -0.4 is 38.0 Å². The molecule has 0 fully saturated rings. The quantitative estimate of drug-likeness (QED) is 0.312. The molecule has 4 heteroatoms. The third-order valence-corrected chi connectivity index (χ3v) is 3.76. The van der Waals surface area contributed by atoms with Crippen molar-refractivity contribution in [3.05, 3.63) is 42.6 Å². The fourth-order valence-electron chi connectivity index (χ4n) is 2.93. The topological polar surface area (TPSA) is 22.3 Å². The van der Waals surface area contributed by atoms with Crippen LogP contribution >= 0.6 is 0 Å². The number of benzene rings is 2. The average Bonchev–Trinajstić information content (AvgIpc) is 2.74. The minimum atomic E-state index is -0.596. The zero-order valence-electron chi connectivity index (χ0n) is 12.2. The van der Waals surface area contributed by atoms with Gasteiger partial charge in [-0.1, -0.05) is 12.1 Å². The molecular weight excluding hydrogens is 377 g/mol. The van der Waals surface area contributed by atoms with Crippen LogP contribution in [-0.2, 0) is 7.05 Å². The van der Waals surface area contributed by atoms with E-state index in [0.717, 1.165) is 16.9 Å². The third-order valence-electron chi connectivity index (χ3n) is 3.76. The molecule has 0 aliphatic carbocycles. The largest absolute Gasteiger partial charge is 1.00 e. The molecule has 0 unspecified atom stereocenters. The van der Waals surface area contributed by atoms with Gasteiger partial charge in [-0.25, -0.2) is 4.57 Å². The number of rotatable bonds is 0. The van der Waals surface area contributed by atoms with E-state index in [2.05, 4.69) is 48.1 Å². The smallest absolute Gasteiger partial charge is 0.246 e. The number of hydrogen-bond acceptors (Lipinski definition) is 2. The predicted molar refractivity (Wildman–Crippen MR) is 78.0 cm³/mol. The fraction of sp³-hybridized carbons (Fsp3) is 0.235. The lowest BCUT2D eigenvalue weighted by Crippen LogP contribution is -3.00. The summed E-state index contributed by atoms with van der Waals surface area (Å²) in [5.74, 6) is 1.06. The molecule has 1 aromatic heterocycles. The van der Waals surface area contributed by atoms with Gasteiger partial charge in [0.1, 0.15) is 7.05 Å². The number of fused-ring (bicyclic) bond motifs is 5. The zero-order chi connectivity index (χ0) is 13.9. The highest BCUT2D eigenvalue weighted by atomic mass is 127. The van der Waals surface area contributed by atoms with E-state index < -0.39 is 5.79 Å². The van der Waals surface area contributed by atoms with Crippen molar-refractivity contribution in [2.45, 2.75) is 19.6 Å². The molecule has 0 saturated heterocycles. The van der Waals surface area contributed by atoms with Crippen molar-refractivity contribution in [3.8, 4) is 11.5 Å². The van der Waals surface area contributed by atoms with Gasteiger partial charge in [-0.3, -0.25) is 0 Å². The summed E-state index contributed by atoms with van der Waals surface area (Å²) in [6.07, 6.45) is 2.11. The zero-order valence-corrected chi connectivity index (χ0v) is 14.3. The van der Waals surface area contributed by atoms with Gasteiger partial charge in [0, 0.05) is 25.3 Å². The van der Waals surface area contributed by atoms with E-state index in [9.17, 15) is 0 Å². The predicted octanol–water partition coefficient (Wildman–Crippen LogP) is 0.329. The van der Waals surface area contributed by atoms with E-state index in [-0.39, 0.29) is 24.0 Å². The Kier molecular flexibility index (Phi) is 3.24. The molecule has 3 nitrogen and oxygen atoms in total. The summed E-state index contributed by atoms with van der Waals surface area (Å²) in [4.78, 5) is 0. The molecule has 2 heterocycles. The molecule has 0 amide bonds. The maximum Gasteiger partial charge on any atom is 0.246 e. The summed E-state index contributed by atoms with van der Waals surface area (Å²) in [6.45, 7) is 3.86. The third kappa shape index (κ3) is 2.12. The number of hydrogen-bond donors (Lipinski definition) is 0. The van der Waals surface area contributed by atoms with E-state index in [4.69, 9.17) is 9.47 Å². The molecule has 1 aliphatic rings. The molecule has 2 aromatic carbocycles. The summed E-state index contributed by atoms with van der Waals surface area (Å²) in [5.41, 5.74) is 1.21. The Morgan fingerprint density at radius 1 is 0.905 bits per heavy atom. The van der Waals surface area contributed by atoms with Gasteiger partial charge >= 0.3 is 0 Å². The highest BCUT2D eigenvalue weighted by Gasteiger charge is 2.34. The van der Waals surface area contributed by atoms with Gasteiger partial charge in [0.25, 0.3) is 0 Å². The van der Waals surface area contributed by atoms with Crippen molar-refractivity contribution < 1.29 is 38.0 Å². The lowest BCUT2D eigenvalue weighted by atomic mass is 10.1. The molecule has 0 saturated carbocycles. The number of aromatic nitrogens is 1. The Morgan fingerprint density at radius 2 is 1.67 bits per heavy atom. The minimum Gasteiger partial charge on any atom is -1.00 e. The van der Waals surface area contributed by atoms with Crippen molar-refractivity contribution in [1.82, 2.24) is 0 Å². The molecule has 0 N–H and O–H groups in total. The van der Waals surface area contributed by atoms with Gasteiger partial charge in [0.15, 0.2) is 17.7 Å². The molecular formula is C17H16INO2. The summed E-state index contributed by atoms with van der Waals surface area (Å²) >= 11 is 0. The second-order valence-corrected chi connectivity index (χ2v) is 5.72. The maximum absolute atomic E-state index is 5.98. The van der Waals surface area contributed by atoms with Crippen molar-refractivity contribution >= 4 is 21.7 Å². The minimum absolute atomic E-state index is 0. The van der Waals surface area contributed by atoms with Gasteiger partial charge in [0.2, 0.25) is 11.3 Å². The Hall–Kier alpha value is -1.56. The molecule has 108 valence electrons. The van der Waals surface area contributed by atoms with Crippen LogP contribution in [0.1, 0.15) is 13.8 Å². The standard InChI is InChI=1S/C17H16NO2.HI/c1-17(2)19-15-9-8-11-12-6-4-5-7-14(12)18(3)10-13(11)16(15)20-17;/h4-10H,1-3H3;1H/q+1;/p-1. The van der Waals surface area contributed by atoms with Crippen LogP contribution in [0.5, 0.6) is 11.5 Å². The van der Waals surface area contributed by atoms with Crippen molar-refractivity contribution in [2.75, 3.05) is 0 Å². The Labute approximate surface area is 140 Å². The van der Waals surface area contributed by atoms with E-state index in [0.29, 0.717) is 0 Å². The molecule has 0 atom stereocenters. The van der Waals surface area contributed by atoms with Crippen LogP contribution in [0.3, 0.4) is 0 Å². The number of aryl methyl sites for hydroxylation is 1. The first-order chi connectivity index (χ1) is 9.55. The van der Waals surface area contributed by atoms with Gasteiger partial charge < -0.3 is 33.5 Å². The first-order valence-electron chi connectivity index (χ1n) is 6.77. The average molecular weight is 393 g/mol. The molecule has 0 radical (unpaired) electrons. The van der Waals surface area contributed by atoms with E-state index in [1.54, 1.807) is 0 Å². The molecule has 4 rings (SSSR count). The fourth-order valence-corrected chi connectivity index (χ4v) is 2.93. The second-order valence-electron chi connectivity index (χ2n) is 5.72. The van der Waals surface area contributed by atoms with Crippen LogP contribution in [0.15, 0.2) is 42.6 Å². The van der Waals surface area contributed by atoms with Crippen LogP contribution in [-0.4, -0.2) is 5.79 Å². The second kappa shape index (κ2) is 4.73. The number of halogens is 1.